The average molecular weight is 460 g/mol. The maximum Gasteiger partial charge on any atom is 0.266 e. The molecule has 1 saturated carbocycles. The lowest BCUT2D eigenvalue weighted by molar-refractivity contribution is -0.134. The molecule has 2 aromatic carbocycles. The van der Waals surface area contributed by atoms with Crippen LogP contribution < -0.4 is 5.56 Å². The van der Waals surface area contributed by atoms with Gasteiger partial charge in [-0.15, -0.1) is 0 Å². The van der Waals surface area contributed by atoms with Crippen molar-refractivity contribution in [3.8, 4) is 5.69 Å². The number of fused-ring (bicyclic) bond motifs is 1. The molecule has 0 radical (unpaired) electrons. The van der Waals surface area contributed by atoms with Gasteiger partial charge in [0.05, 0.1) is 22.6 Å². The predicted octanol–water partition coefficient (Wildman–Crippen LogP) is 6.35. The number of nitrogens with zero attached hydrogens (tertiary/aromatic N) is 3. The molecule has 5 nitrogen and oxygen atoms in total. The number of carbonyl (C=O) groups excluding carboxylic acids is 1. The van der Waals surface area contributed by atoms with Crippen LogP contribution in [0.3, 0.4) is 0 Å². The molecule has 1 atom stereocenters. The van der Waals surface area contributed by atoms with E-state index in [-0.39, 0.29) is 17.5 Å². The summed E-state index contributed by atoms with van der Waals surface area (Å²) < 4.78 is 1.71. The number of amides is 1. The first-order valence-electron chi connectivity index (χ1n) is 12.9. The third kappa shape index (κ3) is 5.24. The Hall–Kier alpha value is -2.95. The van der Waals surface area contributed by atoms with E-state index >= 15 is 0 Å². The standard InChI is InChI=1S/C29H37N3O2/c1-4-5-19-31(27(33)18-17-23-12-6-7-13-23)22(3)28-30-26-16-9-8-15-25(26)29(34)32(28)24-14-10-11-21(2)20-24/h8-11,14-16,20,22-23H,4-7,12-13,17-19H2,1-3H3. The van der Waals surface area contributed by atoms with E-state index in [2.05, 4.69) is 6.92 Å². The molecular weight excluding hydrogens is 422 g/mol. The lowest BCUT2D eigenvalue weighted by Gasteiger charge is -2.31. The monoisotopic (exact) mass is 459 g/mol. The smallest absolute Gasteiger partial charge is 0.266 e. The fourth-order valence-electron chi connectivity index (χ4n) is 5.22. The quantitative estimate of drug-likeness (QED) is 0.374. The van der Waals surface area contributed by atoms with E-state index in [9.17, 15) is 9.59 Å². The van der Waals surface area contributed by atoms with Crippen LogP contribution in [-0.4, -0.2) is 26.9 Å². The Morgan fingerprint density at radius 1 is 1.15 bits per heavy atom. The van der Waals surface area contributed by atoms with Gasteiger partial charge in [-0.2, -0.15) is 0 Å². The Balaban J connectivity index is 1.76. The van der Waals surface area contributed by atoms with Crippen LogP contribution in [0.1, 0.15) is 82.6 Å². The SMILES string of the molecule is CCCCN(C(=O)CCC1CCCC1)C(C)c1nc2ccccc2c(=O)n1-c1cccc(C)c1. The van der Waals surface area contributed by atoms with Crippen molar-refractivity contribution in [2.45, 2.75) is 78.2 Å². The van der Waals surface area contributed by atoms with Crippen molar-refractivity contribution in [3.63, 3.8) is 0 Å². The van der Waals surface area contributed by atoms with Crippen LogP contribution in [0.25, 0.3) is 16.6 Å². The van der Waals surface area contributed by atoms with Crippen LogP contribution in [0, 0.1) is 12.8 Å². The Kier molecular flexibility index (Phi) is 7.81. The van der Waals surface area contributed by atoms with Crippen LogP contribution >= 0.6 is 0 Å². The highest BCUT2D eigenvalue weighted by Crippen LogP contribution is 2.30. The summed E-state index contributed by atoms with van der Waals surface area (Å²) in [6.45, 7) is 6.86. The Bertz CT molecular complexity index is 1190. The number of para-hydroxylation sites is 1. The lowest BCUT2D eigenvalue weighted by atomic mass is 10.0. The first-order valence-corrected chi connectivity index (χ1v) is 12.9. The van der Waals surface area contributed by atoms with E-state index in [0.29, 0.717) is 35.6 Å². The minimum absolute atomic E-state index is 0.0908. The predicted molar refractivity (Wildman–Crippen MR) is 138 cm³/mol. The molecule has 4 rings (SSSR count). The molecule has 0 saturated heterocycles. The van der Waals surface area contributed by atoms with Gasteiger partial charge in [0.25, 0.3) is 5.56 Å². The highest BCUT2D eigenvalue weighted by Gasteiger charge is 2.27. The fourth-order valence-corrected chi connectivity index (χ4v) is 5.22. The third-order valence-corrected chi connectivity index (χ3v) is 7.22. The van der Waals surface area contributed by atoms with Gasteiger partial charge in [0, 0.05) is 13.0 Å². The molecular formula is C29H37N3O2. The minimum atomic E-state index is -0.305. The van der Waals surface area contributed by atoms with Gasteiger partial charge in [-0.1, -0.05) is 63.3 Å². The lowest BCUT2D eigenvalue weighted by Crippen LogP contribution is -2.38. The second-order valence-electron chi connectivity index (χ2n) is 9.77. The van der Waals surface area contributed by atoms with Crippen LogP contribution in [0.5, 0.6) is 0 Å². The highest BCUT2D eigenvalue weighted by molar-refractivity contribution is 5.79. The van der Waals surface area contributed by atoms with Crippen LogP contribution in [0.4, 0.5) is 0 Å². The zero-order valence-electron chi connectivity index (χ0n) is 20.8. The number of hydrogen-bond donors (Lipinski definition) is 0. The van der Waals surface area contributed by atoms with Gasteiger partial charge in [0.2, 0.25) is 5.91 Å². The molecule has 34 heavy (non-hydrogen) atoms. The fraction of sp³-hybridized carbons (Fsp3) is 0.483. The summed E-state index contributed by atoms with van der Waals surface area (Å²) in [5, 5.41) is 0.590. The summed E-state index contributed by atoms with van der Waals surface area (Å²) in [6.07, 6.45) is 8.55. The number of aromatic nitrogens is 2. The normalized spacial score (nSPS) is 15.0. The molecule has 0 N–H and O–H groups in total. The maximum absolute atomic E-state index is 13.7. The molecule has 0 spiro atoms. The first-order chi connectivity index (χ1) is 16.5. The summed E-state index contributed by atoms with van der Waals surface area (Å²) in [7, 11) is 0. The third-order valence-electron chi connectivity index (χ3n) is 7.22. The van der Waals surface area contributed by atoms with E-state index in [1.807, 2.05) is 67.3 Å². The molecule has 1 aliphatic rings. The number of rotatable bonds is 9. The van der Waals surface area contributed by atoms with Gasteiger partial charge >= 0.3 is 0 Å². The Labute approximate surface area is 202 Å². The van der Waals surface area contributed by atoms with Crippen LogP contribution in [-0.2, 0) is 4.79 Å². The minimum Gasteiger partial charge on any atom is -0.333 e. The number of aryl methyl sites for hydroxylation is 1. The molecule has 1 amide bonds. The molecule has 1 unspecified atom stereocenters. The van der Waals surface area contributed by atoms with E-state index < -0.39 is 0 Å². The summed E-state index contributed by atoms with van der Waals surface area (Å²) in [4.78, 5) is 34.1. The van der Waals surface area contributed by atoms with Gasteiger partial charge in [-0.3, -0.25) is 14.2 Å². The second-order valence-corrected chi connectivity index (χ2v) is 9.77. The molecule has 0 aliphatic heterocycles. The van der Waals surface area contributed by atoms with Crippen LogP contribution in [0.15, 0.2) is 53.3 Å². The molecule has 1 fully saturated rings. The molecule has 5 heteroatoms. The molecule has 0 bridgehead atoms. The first kappa shape index (κ1) is 24.2. The zero-order chi connectivity index (χ0) is 24.1. The van der Waals surface area contributed by atoms with Gasteiger partial charge in [0.1, 0.15) is 5.82 Å². The molecule has 180 valence electrons. The molecule has 1 aliphatic carbocycles. The number of hydrogen-bond acceptors (Lipinski definition) is 3. The van der Waals surface area contributed by atoms with Crippen molar-refractivity contribution in [1.82, 2.24) is 14.5 Å². The molecule has 3 aromatic rings. The Morgan fingerprint density at radius 3 is 2.65 bits per heavy atom. The average Bonchev–Trinajstić information content (AvgIpc) is 3.36. The highest BCUT2D eigenvalue weighted by atomic mass is 16.2. The molecule has 1 heterocycles. The van der Waals surface area contributed by atoms with Crippen molar-refractivity contribution in [2.24, 2.45) is 5.92 Å². The van der Waals surface area contributed by atoms with Gasteiger partial charge in [-0.25, -0.2) is 4.98 Å². The largest absolute Gasteiger partial charge is 0.333 e. The number of benzene rings is 2. The van der Waals surface area contributed by atoms with E-state index in [1.165, 1.54) is 25.7 Å². The number of unbranched alkanes of at least 4 members (excludes halogenated alkanes) is 1. The van der Waals surface area contributed by atoms with E-state index in [0.717, 1.165) is 30.5 Å². The van der Waals surface area contributed by atoms with Crippen molar-refractivity contribution in [2.75, 3.05) is 6.54 Å². The van der Waals surface area contributed by atoms with Gasteiger partial charge < -0.3 is 4.90 Å². The summed E-state index contributed by atoms with van der Waals surface area (Å²) in [6, 6.07) is 15.1. The number of carbonyl (C=O) groups is 1. The zero-order valence-corrected chi connectivity index (χ0v) is 20.8. The van der Waals surface area contributed by atoms with Crippen LogP contribution in [0.2, 0.25) is 0 Å². The van der Waals surface area contributed by atoms with Gasteiger partial charge in [0.15, 0.2) is 0 Å². The van der Waals surface area contributed by atoms with Crippen molar-refractivity contribution >= 4 is 16.8 Å². The molecule has 1 aromatic heterocycles. The summed E-state index contributed by atoms with van der Waals surface area (Å²) >= 11 is 0. The summed E-state index contributed by atoms with van der Waals surface area (Å²) in [5.41, 5.74) is 2.45. The van der Waals surface area contributed by atoms with E-state index in [4.69, 9.17) is 4.98 Å². The summed E-state index contributed by atoms with van der Waals surface area (Å²) in [5.74, 6) is 1.47. The Morgan fingerprint density at radius 2 is 1.91 bits per heavy atom. The van der Waals surface area contributed by atoms with Gasteiger partial charge in [-0.05, 0) is 62.4 Å². The second kappa shape index (κ2) is 11.0. The van der Waals surface area contributed by atoms with Crippen molar-refractivity contribution in [1.29, 1.82) is 0 Å². The van der Waals surface area contributed by atoms with E-state index in [1.54, 1.807) is 4.57 Å². The van der Waals surface area contributed by atoms with Crippen molar-refractivity contribution < 1.29 is 4.79 Å². The maximum atomic E-state index is 13.7. The van der Waals surface area contributed by atoms with Crippen molar-refractivity contribution in [3.05, 3.63) is 70.3 Å². The topological polar surface area (TPSA) is 55.2 Å².